The van der Waals surface area contributed by atoms with Crippen LogP contribution in [0.3, 0.4) is 0 Å². The van der Waals surface area contributed by atoms with E-state index < -0.39 is 0 Å². The number of aromatic nitrogens is 2. The maximum Gasteiger partial charge on any atom is 0.240 e. The van der Waals surface area contributed by atoms with Gasteiger partial charge in [0.15, 0.2) is 0 Å². The van der Waals surface area contributed by atoms with Crippen LogP contribution in [0.4, 0.5) is 5.69 Å². The molecular weight excluding hydrogens is 344 g/mol. The first kappa shape index (κ1) is 17.1. The Bertz CT molecular complexity index is 1080. The molecular formula is C21H23ClN4. The number of aromatic amines is 1. The lowest BCUT2D eigenvalue weighted by Gasteiger charge is -2.25. The lowest BCUT2D eigenvalue weighted by molar-refractivity contribution is -0.616. The predicted molar refractivity (Wildman–Crippen MR) is 104 cm³/mol. The summed E-state index contributed by atoms with van der Waals surface area (Å²) >= 11 is 0. The summed E-state index contributed by atoms with van der Waals surface area (Å²) in [6, 6.07) is 17.8. The summed E-state index contributed by atoms with van der Waals surface area (Å²) in [7, 11) is 2.17. The molecule has 0 aliphatic carbocycles. The number of para-hydroxylation sites is 2. The standard InChI is InChI=1S/C21H22N4.ClH/c1-25-18-9-5-3-7-16(18)19(23-14-10-12-22-13-11-14)20-21(25)15-6-2-4-8-17(15)24-20;/h2-9,14,22H,10-13H2,1H3,(H,23,24);1H. The Morgan fingerprint density at radius 3 is 2.46 bits per heavy atom. The molecule has 0 spiro atoms. The van der Waals surface area contributed by atoms with Crippen molar-refractivity contribution in [2.45, 2.75) is 18.9 Å². The van der Waals surface area contributed by atoms with Gasteiger partial charge in [-0.2, -0.15) is 4.57 Å². The molecule has 1 aliphatic heterocycles. The number of nitrogens with one attached hydrogen (secondary N) is 3. The van der Waals surface area contributed by atoms with Crippen LogP contribution in [0.25, 0.3) is 32.8 Å². The van der Waals surface area contributed by atoms with Gasteiger partial charge in [0.05, 0.1) is 22.0 Å². The molecule has 0 bridgehead atoms. The number of anilines is 1. The Kier molecular flexibility index (Phi) is 4.47. The van der Waals surface area contributed by atoms with E-state index in [2.05, 4.69) is 75.8 Å². The van der Waals surface area contributed by atoms with Crippen molar-refractivity contribution >= 4 is 38.5 Å². The molecule has 5 rings (SSSR count). The highest BCUT2D eigenvalue weighted by molar-refractivity contribution is 6.13. The van der Waals surface area contributed by atoms with Crippen LogP contribution < -0.4 is 27.6 Å². The van der Waals surface area contributed by atoms with Crippen LogP contribution >= 0.6 is 0 Å². The zero-order valence-corrected chi connectivity index (χ0v) is 15.6. The number of rotatable bonds is 2. The van der Waals surface area contributed by atoms with Crippen molar-refractivity contribution in [3.8, 4) is 0 Å². The van der Waals surface area contributed by atoms with E-state index in [4.69, 9.17) is 0 Å². The monoisotopic (exact) mass is 366 g/mol. The van der Waals surface area contributed by atoms with Gasteiger partial charge in [0, 0.05) is 12.1 Å². The molecule has 0 radical (unpaired) electrons. The third-order valence-corrected chi connectivity index (χ3v) is 5.49. The number of aryl methyl sites for hydroxylation is 1. The number of H-pyrrole nitrogens is 1. The van der Waals surface area contributed by atoms with E-state index in [9.17, 15) is 0 Å². The fourth-order valence-electron chi connectivity index (χ4n) is 4.21. The van der Waals surface area contributed by atoms with Crippen molar-refractivity contribution in [2.24, 2.45) is 7.05 Å². The Hall–Kier alpha value is -2.30. The van der Waals surface area contributed by atoms with Crippen LogP contribution in [0.15, 0.2) is 48.5 Å². The zero-order valence-electron chi connectivity index (χ0n) is 14.8. The van der Waals surface area contributed by atoms with Crippen molar-refractivity contribution < 1.29 is 17.0 Å². The predicted octanol–water partition coefficient (Wildman–Crippen LogP) is 0.467. The number of pyridine rings is 1. The molecule has 0 amide bonds. The number of fused-ring (bicyclic) bond motifs is 4. The first-order valence-corrected chi connectivity index (χ1v) is 9.11. The normalized spacial score (nSPS) is 15.4. The van der Waals surface area contributed by atoms with Crippen LogP contribution in [-0.2, 0) is 7.05 Å². The number of hydrogen-bond donors (Lipinski definition) is 3. The lowest BCUT2D eigenvalue weighted by Crippen LogP contribution is -3.00. The van der Waals surface area contributed by atoms with Gasteiger partial charge >= 0.3 is 0 Å². The van der Waals surface area contributed by atoms with Crippen LogP contribution in [-0.4, -0.2) is 24.1 Å². The van der Waals surface area contributed by atoms with Crippen LogP contribution in [0.5, 0.6) is 0 Å². The maximum absolute atomic E-state index is 3.87. The molecule has 4 aromatic rings. The average Bonchev–Trinajstić information content (AvgIpc) is 3.06. The molecule has 0 saturated carbocycles. The van der Waals surface area contributed by atoms with E-state index in [0.717, 1.165) is 25.9 Å². The topological polar surface area (TPSA) is 43.7 Å². The highest BCUT2D eigenvalue weighted by atomic mass is 35.5. The fourth-order valence-corrected chi connectivity index (χ4v) is 4.21. The van der Waals surface area contributed by atoms with Gasteiger partial charge in [-0.05, 0) is 44.1 Å². The minimum absolute atomic E-state index is 0. The molecule has 3 N–H and O–H groups in total. The summed E-state index contributed by atoms with van der Waals surface area (Å²) in [6.45, 7) is 2.18. The first-order valence-electron chi connectivity index (χ1n) is 9.11. The number of hydrogen-bond acceptors (Lipinski definition) is 2. The van der Waals surface area contributed by atoms with Gasteiger partial charge in [-0.15, -0.1) is 0 Å². The van der Waals surface area contributed by atoms with Crippen LogP contribution in [0, 0.1) is 0 Å². The molecule has 2 aromatic carbocycles. The highest BCUT2D eigenvalue weighted by Gasteiger charge is 2.24. The van der Waals surface area contributed by atoms with Gasteiger partial charge in [0.2, 0.25) is 11.0 Å². The first-order chi connectivity index (χ1) is 12.3. The van der Waals surface area contributed by atoms with Crippen molar-refractivity contribution in [3.63, 3.8) is 0 Å². The van der Waals surface area contributed by atoms with E-state index in [1.807, 2.05) is 0 Å². The molecule has 5 heteroatoms. The lowest BCUT2D eigenvalue weighted by atomic mass is 10.0. The number of piperidine rings is 1. The Morgan fingerprint density at radius 1 is 0.962 bits per heavy atom. The molecule has 0 unspecified atom stereocenters. The van der Waals surface area contributed by atoms with Crippen molar-refractivity contribution in [1.82, 2.24) is 10.3 Å². The van der Waals surface area contributed by atoms with E-state index in [-0.39, 0.29) is 12.4 Å². The minimum Gasteiger partial charge on any atom is -1.00 e. The third kappa shape index (κ3) is 2.61. The van der Waals surface area contributed by atoms with Crippen molar-refractivity contribution in [3.05, 3.63) is 48.5 Å². The highest BCUT2D eigenvalue weighted by Crippen LogP contribution is 2.34. The summed E-state index contributed by atoms with van der Waals surface area (Å²) in [5.74, 6) is 0. The van der Waals surface area contributed by atoms with Gasteiger partial charge in [0.1, 0.15) is 12.6 Å². The third-order valence-electron chi connectivity index (χ3n) is 5.49. The molecule has 4 nitrogen and oxygen atoms in total. The number of nitrogens with zero attached hydrogens (tertiary/aromatic N) is 1. The average molecular weight is 367 g/mol. The number of halogens is 1. The van der Waals surface area contributed by atoms with Gasteiger partial charge in [0.25, 0.3) is 0 Å². The summed E-state index contributed by atoms with van der Waals surface area (Å²) in [6.07, 6.45) is 2.33. The van der Waals surface area contributed by atoms with E-state index >= 15 is 0 Å². The second kappa shape index (κ2) is 6.78. The number of benzene rings is 2. The SMILES string of the molecule is C[n+]1c2ccccc2c(NC2CCNCC2)c2[nH]c3ccccc3c21.[Cl-]. The molecule has 1 saturated heterocycles. The van der Waals surface area contributed by atoms with Crippen LogP contribution in [0.2, 0.25) is 0 Å². The quantitative estimate of drug-likeness (QED) is 0.451. The largest absolute Gasteiger partial charge is 1.00 e. The zero-order chi connectivity index (χ0) is 16.8. The molecule has 1 fully saturated rings. The summed E-state index contributed by atoms with van der Waals surface area (Å²) in [4.78, 5) is 3.67. The molecule has 2 aromatic heterocycles. The van der Waals surface area contributed by atoms with E-state index in [0.29, 0.717) is 6.04 Å². The molecule has 26 heavy (non-hydrogen) atoms. The Morgan fingerprint density at radius 2 is 1.65 bits per heavy atom. The van der Waals surface area contributed by atoms with Gasteiger partial charge in [-0.25, -0.2) is 0 Å². The molecule has 1 aliphatic rings. The summed E-state index contributed by atoms with van der Waals surface area (Å²) < 4.78 is 2.32. The minimum atomic E-state index is 0. The smallest absolute Gasteiger partial charge is 0.240 e. The molecule has 0 atom stereocenters. The fraction of sp³-hybridized carbons (Fsp3) is 0.286. The second-order valence-electron chi connectivity index (χ2n) is 7.01. The Balaban J connectivity index is 0.00000168. The van der Waals surface area contributed by atoms with E-state index in [1.165, 1.54) is 38.5 Å². The second-order valence-corrected chi connectivity index (χ2v) is 7.01. The van der Waals surface area contributed by atoms with Crippen molar-refractivity contribution in [1.29, 1.82) is 0 Å². The Labute approximate surface area is 159 Å². The summed E-state index contributed by atoms with van der Waals surface area (Å²) in [5.41, 5.74) is 6.17. The molecule has 3 heterocycles. The maximum atomic E-state index is 3.87. The van der Waals surface area contributed by atoms with E-state index in [1.54, 1.807) is 0 Å². The van der Waals surface area contributed by atoms with Gasteiger partial charge in [-0.3, -0.25) is 0 Å². The summed E-state index contributed by atoms with van der Waals surface area (Å²) in [5, 5.41) is 9.88. The van der Waals surface area contributed by atoms with Crippen LogP contribution in [0.1, 0.15) is 12.8 Å². The van der Waals surface area contributed by atoms with Crippen molar-refractivity contribution in [2.75, 3.05) is 18.4 Å². The van der Waals surface area contributed by atoms with Gasteiger partial charge < -0.3 is 28.0 Å². The van der Waals surface area contributed by atoms with Gasteiger partial charge in [-0.1, -0.05) is 24.3 Å². The molecule has 134 valence electrons.